The summed E-state index contributed by atoms with van der Waals surface area (Å²) in [5, 5.41) is 20.4. The van der Waals surface area contributed by atoms with Crippen molar-refractivity contribution in [2.45, 2.75) is 23.6 Å². The van der Waals surface area contributed by atoms with Gasteiger partial charge in [-0.25, -0.2) is 13.2 Å². The first kappa shape index (κ1) is 23.0. The molecule has 1 N–H and O–H groups in total. The first-order chi connectivity index (χ1) is 15.2. The van der Waals surface area contributed by atoms with Gasteiger partial charge in [0.15, 0.2) is 0 Å². The van der Waals surface area contributed by atoms with Crippen molar-refractivity contribution < 1.29 is 28.0 Å². The standard InChI is InChI=1S/C22H20N2O7S/c1-14-19(22(26)31-12-11-25)20(16-7-6-8-17(13-16)24(27)28)21(15(2)23-14)32(29,30)18-9-4-3-5-10-18/h3-10,13,25H,11-12H2,1-2H3. The lowest BCUT2D eigenvalue weighted by atomic mass is 9.97. The Morgan fingerprint density at radius 3 is 2.41 bits per heavy atom. The van der Waals surface area contributed by atoms with Crippen molar-refractivity contribution in [3.05, 3.63) is 81.7 Å². The Labute approximate surface area is 184 Å². The second kappa shape index (κ2) is 9.25. The summed E-state index contributed by atoms with van der Waals surface area (Å²) < 4.78 is 32.3. The molecule has 0 aliphatic carbocycles. The lowest BCUT2D eigenvalue weighted by molar-refractivity contribution is -0.384. The fourth-order valence-corrected chi connectivity index (χ4v) is 5.06. The van der Waals surface area contributed by atoms with Gasteiger partial charge in [-0.2, -0.15) is 0 Å². The zero-order valence-electron chi connectivity index (χ0n) is 17.3. The highest BCUT2D eigenvalue weighted by Crippen LogP contribution is 2.38. The van der Waals surface area contributed by atoms with E-state index in [-0.39, 0.29) is 50.2 Å². The third-order valence-electron chi connectivity index (χ3n) is 4.70. The number of carbonyl (C=O) groups excluding carboxylic acids is 1. The summed E-state index contributed by atoms with van der Waals surface area (Å²) in [7, 11) is -4.16. The Hall–Kier alpha value is -3.63. The van der Waals surface area contributed by atoms with Crippen LogP contribution in [0.4, 0.5) is 5.69 Å². The van der Waals surface area contributed by atoms with Crippen molar-refractivity contribution in [1.82, 2.24) is 4.98 Å². The van der Waals surface area contributed by atoms with E-state index >= 15 is 0 Å². The number of nitrogens with zero attached hydrogens (tertiary/aromatic N) is 2. The van der Waals surface area contributed by atoms with Gasteiger partial charge in [-0.05, 0) is 31.5 Å². The lowest BCUT2D eigenvalue weighted by Crippen LogP contribution is -2.17. The van der Waals surface area contributed by atoms with E-state index in [0.29, 0.717) is 0 Å². The van der Waals surface area contributed by atoms with E-state index in [9.17, 15) is 23.3 Å². The number of sulfone groups is 1. The molecule has 166 valence electrons. The molecule has 1 aromatic heterocycles. The van der Waals surface area contributed by atoms with Crippen molar-refractivity contribution in [2.75, 3.05) is 13.2 Å². The van der Waals surface area contributed by atoms with Crippen LogP contribution < -0.4 is 0 Å². The van der Waals surface area contributed by atoms with Gasteiger partial charge in [0, 0.05) is 17.7 Å². The molecule has 0 radical (unpaired) electrons. The molecule has 0 bridgehead atoms. The molecule has 0 spiro atoms. The predicted octanol–water partition coefficient (Wildman–Crippen LogP) is 3.26. The maximum atomic E-state index is 13.6. The lowest BCUT2D eigenvalue weighted by Gasteiger charge is -2.19. The van der Waals surface area contributed by atoms with Crippen LogP contribution in [0.5, 0.6) is 0 Å². The van der Waals surface area contributed by atoms with Crippen molar-refractivity contribution in [2.24, 2.45) is 0 Å². The molecule has 1 heterocycles. The highest BCUT2D eigenvalue weighted by atomic mass is 32.2. The monoisotopic (exact) mass is 456 g/mol. The number of aryl methyl sites for hydroxylation is 2. The largest absolute Gasteiger partial charge is 0.460 e. The van der Waals surface area contributed by atoms with E-state index in [0.717, 1.165) is 0 Å². The number of nitro groups is 1. The zero-order valence-corrected chi connectivity index (χ0v) is 18.1. The van der Waals surface area contributed by atoms with Crippen LogP contribution >= 0.6 is 0 Å². The second-order valence-electron chi connectivity index (χ2n) is 6.85. The number of carbonyl (C=O) groups is 1. The number of benzene rings is 2. The molecule has 0 amide bonds. The third-order valence-corrected chi connectivity index (χ3v) is 6.63. The number of hydrogen-bond donors (Lipinski definition) is 1. The van der Waals surface area contributed by atoms with Crippen LogP contribution in [0.2, 0.25) is 0 Å². The molecular weight excluding hydrogens is 436 g/mol. The molecule has 0 fully saturated rings. The molecule has 0 unspecified atom stereocenters. The first-order valence-electron chi connectivity index (χ1n) is 9.52. The average Bonchev–Trinajstić information content (AvgIpc) is 2.77. The molecule has 32 heavy (non-hydrogen) atoms. The SMILES string of the molecule is Cc1nc(C)c(S(=O)(=O)c2ccccc2)c(-c2cccc([N+](=O)[O-])c2)c1C(=O)OCCO. The molecule has 0 saturated carbocycles. The number of pyridine rings is 1. The zero-order chi connectivity index (χ0) is 23.5. The molecule has 3 rings (SSSR count). The van der Waals surface area contributed by atoms with E-state index in [1.807, 2.05) is 0 Å². The Kier molecular flexibility index (Phi) is 6.66. The van der Waals surface area contributed by atoms with Crippen LogP contribution in [0.25, 0.3) is 11.1 Å². The normalized spacial score (nSPS) is 11.2. The number of hydrogen-bond acceptors (Lipinski definition) is 8. The number of aliphatic hydroxyl groups is 1. The van der Waals surface area contributed by atoms with Gasteiger partial charge in [0.1, 0.15) is 11.5 Å². The van der Waals surface area contributed by atoms with E-state index in [1.165, 1.54) is 50.2 Å². The fraction of sp³-hybridized carbons (Fsp3) is 0.182. The Bertz CT molecular complexity index is 1290. The molecule has 0 aliphatic heterocycles. The summed E-state index contributed by atoms with van der Waals surface area (Å²) >= 11 is 0. The molecule has 0 atom stereocenters. The summed E-state index contributed by atoms with van der Waals surface area (Å²) in [6, 6.07) is 13.0. The number of ether oxygens (including phenoxy) is 1. The maximum absolute atomic E-state index is 13.6. The van der Waals surface area contributed by atoms with E-state index in [1.54, 1.807) is 18.2 Å². The molecule has 2 aromatic carbocycles. The van der Waals surface area contributed by atoms with Crippen LogP contribution in [-0.4, -0.2) is 42.6 Å². The van der Waals surface area contributed by atoms with Gasteiger partial charge in [0.05, 0.1) is 33.4 Å². The summed E-state index contributed by atoms with van der Waals surface area (Å²) in [5.74, 6) is -0.893. The Balaban J connectivity index is 2.43. The Morgan fingerprint density at radius 2 is 1.78 bits per heavy atom. The molecule has 10 heteroatoms. The third kappa shape index (κ3) is 4.36. The van der Waals surface area contributed by atoms with Gasteiger partial charge in [-0.1, -0.05) is 30.3 Å². The quantitative estimate of drug-likeness (QED) is 0.325. The van der Waals surface area contributed by atoms with Crippen molar-refractivity contribution in [1.29, 1.82) is 0 Å². The maximum Gasteiger partial charge on any atom is 0.340 e. The first-order valence-corrected chi connectivity index (χ1v) is 11.0. The second-order valence-corrected chi connectivity index (χ2v) is 8.73. The van der Waals surface area contributed by atoms with Crippen molar-refractivity contribution in [3.63, 3.8) is 0 Å². The number of nitro benzene ring substituents is 1. The van der Waals surface area contributed by atoms with Crippen LogP contribution in [0.1, 0.15) is 21.7 Å². The van der Waals surface area contributed by atoms with Gasteiger partial charge in [-0.3, -0.25) is 15.1 Å². The molecule has 0 aliphatic rings. The highest BCUT2D eigenvalue weighted by molar-refractivity contribution is 7.91. The minimum atomic E-state index is -4.16. The number of non-ortho nitro benzene ring substituents is 1. The predicted molar refractivity (Wildman–Crippen MR) is 115 cm³/mol. The number of aromatic nitrogens is 1. The minimum absolute atomic E-state index is 0.0184. The minimum Gasteiger partial charge on any atom is -0.460 e. The van der Waals surface area contributed by atoms with Crippen LogP contribution in [0.3, 0.4) is 0 Å². The average molecular weight is 456 g/mol. The molecular formula is C22H20N2O7S. The summed E-state index contributed by atoms with van der Waals surface area (Å²) in [4.78, 5) is 27.6. The van der Waals surface area contributed by atoms with Crippen LogP contribution in [0.15, 0.2) is 64.4 Å². The van der Waals surface area contributed by atoms with Gasteiger partial charge in [-0.15, -0.1) is 0 Å². The van der Waals surface area contributed by atoms with Gasteiger partial charge >= 0.3 is 5.97 Å². The molecule has 9 nitrogen and oxygen atoms in total. The van der Waals surface area contributed by atoms with E-state index in [2.05, 4.69) is 4.98 Å². The number of esters is 1. The number of aliphatic hydroxyl groups excluding tert-OH is 1. The summed E-state index contributed by atoms with van der Waals surface area (Å²) in [6.07, 6.45) is 0. The van der Waals surface area contributed by atoms with Crippen molar-refractivity contribution in [3.8, 4) is 11.1 Å². The van der Waals surface area contributed by atoms with Gasteiger partial charge in [0.25, 0.3) is 5.69 Å². The highest BCUT2D eigenvalue weighted by Gasteiger charge is 2.32. The smallest absolute Gasteiger partial charge is 0.340 e. The fourth-order valence-electron chi connectivity index (χ4n) is 3.39. The number of rotatable bonds is 7. The Morgan fingerprint density at radius 1 is 1.09 bits per heavy atom. The van der Waals surface area contributed by atoms with Gasteiger partial charge in [0.2, 0.25) is 9.84 Å². The molecule has 3 aromatic rings. The summed E-state index contributed by atoms with van der Waals surface area (Å²) in [6.45, 7) is 2.28. The molecule has 0 saturated heterocycles. The van der Waals surface area contributed by atoms with E-state index < -0.39 is 27.3 Å². The van der Waals surface area contributed by atoms with Gasteiger partial charge < -0.3 is 9.84 Å². The van der Waals surface area contributed by atoms with Crippen molar-refractivity contribution >= 4 is 21.5 Å². The van der Waals surface area contributed by atoms with Crippen LogP contribution in [0, 0.1) is 24.0 Å². The van der Waals surface area contributed by atoms with E-state index in [4.69, 9.17) is 9.84 Å². The topological polar surface area (TPSA) is 137 Å². The van der Waals surface area contributed by atoms with Crippen LogP contribution in [-0.2, 0) is 14.6 Å². The summed E-state index contributed by atoms with van der Waals surface area (Å²) in [5.41, 5.74) is 0.0284.